The Hall–Kier alpha value is -2.06. The average molecular weight is 261 g/mol. The topological polar surface area (TPSA) is 67.2 Å². The molecule has 5 heteroatoms. The van der Waals surface area contributed by atoms with Crippen molar-refractivity contribution in [2.24, 2.45) is 0 Å². The Kier molecular flexibility index (Phi) is 3.21. The Labute approximate surface area is 105 Å². The van der Waals surface area contributed by atoms with Gasteiger partial charge in [0, 0.05) is 5.39 Å². The molecule has 18 heavy (non-hydrogen) atoms. The highest BCUT2D eigenvalue weighted by molar-refractivity contribution is 7.92. The molecule has 0 heterocycles. The van der Waals surface area contributed by atoms with Crippen LogP contribution in [0.15, 0.2) is 41.3 Å². The van der Waals surface area contributed by atoms with Gasteiger partial charge in [0.1, 0.15) is 16.4 Å². The van der Waals surface area contributed by atoms with Crippen LogP contribution in [0.3, 0.4) is 0 Å². The smallest absolute Gasteiger partial charge is 0.195 e. The lowest BCUT2D eigenvalue weighted by molar-refractivity contribution is 0.404. The van der Waals surface area contributed by atoms with Gasteiger partial charge in [-0.2, -0.15) is 5.26 Å². The monoisotopic (exact) mass is 261 g/mol. The van der Waals surface area contributed by atoms with Crippen LogP contribution in [0.5, 0.6) is 5.75 Å². The molecular weight excluding hydrogens is 250 g/mol. The molecule has 0 fully saturated rings. The minimum absolute atomic E-state index is 0.0876. The molecule has 0 aliphatic heterocycles. The molecule has 2 aromatic carbocycles. The first-order valence-electron chi connectivity index (χ1n) is 5.25. The molecule has 92 valence electrons. The standard InChI is InChI=1S/C13H11NO3S/c1-17-12-7-6-10-4-2-3-5-11(10)13(12)18(15,16)9-8-14/h2-7H,9H2,1H3. The molecule has 0 aliphatic rings. The van der Waals surface area contributed by atoms with Crippen molar-refractivity contribution in [2.45, 2.75) is 4.90 Å². The van der Waals surface area contributed by atoms with Crippen molar-refractivity contribution in [2.75, 3.05) is 12.9 Å². The van der Waals surface area contributed by atoms with Gasteiger partial charge >= 0.3 is 0 Å². The Morgan fingerprint density at radius 3 is 2.61 bits per heavy atom. The first-order valence-corrected chi connectivity index (χ1v) is 6.91. The van der Waals surface area contributed by atoms with Gasteiger partial charge in [-0.25, -0.2) is 8.42 Å². The zero-order valence-electron chi connectivity index (χ0n) is 9.75. The molecule has 0 aromatic heterocycles. The van der Waals surface area contributed by atoms with Crippen molar-refractivity contribution in [3.8, 4) is 11.8 Å². The van der Waals surface area contributed by atoms with E-state index in [-0.39, 0.29) is 10.6 Å². The number of benzene rings is 2. The number of rotatable bonds is 3. The Morgan fingerprint density at radius 1 is 1.22 bits per heavy atom. The molecule has 2 rings (SSSR count). The van der Waals surface area contributed by atoms with Gasteiger partial charge in [0.2, 0.25) is 0 Å². The number of fused-ring (bicyclic) bond motifs is 1. The lowest BCUT2D eigenvalue weighted by atomic mass is 10.1. The van der Waals surface area contributed by atoms with Crippen molar-refractivity contribution in [1.82, 2.24) is 0 Å². The zero-order valence-corrected chi connectivity index (χ0v) is 10.6. The zero-order chi connectivity index (χ0) is 13.2. The van der Waals surface area contributed by atoms with Gasteiger partial charge in [0.15, 0.2) is 9.84 Å². The maximum Gasteiger partial charge on any atom is 0.195 e. The van der Waals surface area contributed by atoms with E-state index in [2.05, 4.69) is 0 Å². The minimum Gasteiger partial charge on any atom is -0.495 e. The van der Waals surface area contributed by atoms with Crippen LogP contribution in [0.2, 0.25) is 0 Å². The highest BCUT2D eigenvalue weighted by Crippen LogP contribution is 2.32. The number of sulfone groups is 1. The second-order valence-corrected chi connectivity index (χ2v) is 5.66. The predicted molar refractivity (Wildman–Crippen MR) is 68.2 cm³/mol. The average Bonchev–Trinajstić information content (AvgIpc) is 2.37. The summed E-state index contributed by atoms with van der Waals surface area (Å²) in [4.78, 5) is 0.0876. The van der Waals surface area contributed by atoms with Crippen LogP contribution >= 0.6 is 0 Å². The summed E-state index contributed by atoms with van der Waals surface area (Å²) in [5.41, 5.74) is 0. The maximum absolute atomic E-state index is 12.1. The third-order valence-electron chi connectivity index (χ3n) is 2.63. The molecule has 4 nitrogen and oxygen atoms in total. The molecular formula is C13H11NO3S. The van der Waals surface area contributed by atoms with Gasteiger partial charge in [0.05, 0.1) is 13.2 Å². The predicted octanol–water partition coefficient (Wildman–Crippen LogP) is 2.15. The SMILES string of the molecule is COc1ccc2ccccc2c1S(=O)(=O)CC#N. The van der Waals surface area contributed by atoms with Gasteiger partial charge in [-0.1, -0.05) is 30.3 Å². The quantitative estimate of drug-likeness (QED) is 0.849. The van der Waals surface area contributed by atoms with E-state index in [1.54, 1.807) is 30.3 Å². The van der Waals surface area contributed by atoms with Crippen LogP contribution < -0.4 is 4.74 Å². The number of hydrogen-bond acceptors (Lipinski definition) is 4. The summed E-state index contributed by atoms with van der Waals surface area (Å²) in [6.45, 7) is 0. The lowest BCUT2D eigenvalue weighted by Crippen LogP contribution is -2.07. The molecule has 0 spiro atoms. The van der Waals surface area contributed by atoms with Gasteiger partial charge in [-0.3, -0.25) is 0 Å². The fraction of sp³-hybridized carbons (Fsp3) is 0.154. The summed E-state index contributed by atoms with van der Waals surface area (Å²) in [5, 5.41) is 10.0. The van der Waals surface area contributed by atoms with E-state index in [4.69, 9.17) is 10.00 Å². The number of ether oxygens (including phenoxy) is 1. The molecule has 0 saturated heterocycles. The van der Waals surface area contributed by atoms with E-state index in [1.807, 2.05) is 12.1 Å². The van der Waals surface area contributed by atoms with Crippen LogP contribution in [0.1, 0.15) is 0 Å². The van der Waals surface area contributed by atoms with E-state index in [9.17, 15) is 8.42 Å². The highest BCUT2D eigenvalue weighted by Gasteiger charge is 2.22. The molecule has 0 atom stereocenters. The Morgan fingerprint density at radius 2 is 1.94 bits per heavy atom. The van der Waals surface area contributed by atoms with Crippen molar-refractivity contribution in [3.05, 3.63) is 36.4 Å². The largest absolute Gasteiger partial charge is 0.495 e. The molecule has 0 aliphatic carbocycles. The first-order chi connectivity index (χ1) is 8.60. The number of methoxy groups -OCH3 is 1. The number of hydrogen-bond donors (Lipinski definition) is 0. The number of nitriles is 1. The molecule has 0 saturated carbocycles. The fourth-order valence-electron chi connectivity index (χ4n) is 1.86. The Bertz CT molecular complexity index is 729. The van der Waals surface area contributed by atoms with Gasteiger partial charge < -0.3 is 4.74 Å². The van der Waals surface area contributed by atoms with Crippen molar-refractivity contribution < 1.29 is 13.2 Å². The van der Waals surface area contributed by atoms with E-state index in [0.717, 1.165) is 5.39 Å². The molecule has 0 bridgehead atoms. The summed E-state index contributed by atoms with van der Waals surface area (Å²) in [6.07, 6.45) is 0. The normalized spacial score (nSPS) is 11.1. The van der Waals surface area contributed by atoms with Gasteiger partial charge in [-0.05, 0) is 11.5 Å². The van der Waals surface area contributed by atoms with Crippen molar-refractivity contribution in [1.29, 1.82) is 5.26 Å². The summed E-state index contributed by atoms with van der Waals surface area (Å²) in [6, 6.07) is 12.2. The minimum atomic E-state index is -3.67. The summed E-state index contributed by atoms with van der Waals surface area (Å²) in [7, 11) is -2.25. The number of nitrogens with zero attached hydrogens (tertiary/aromatic N) is 1. The molecule has 0 unspecified atom stereocenters. The highest BCUT2D eigenvalue weighted by atomic mass is 32.2. The van der Waals surface area contributed by atoms with Crippen molar-refractivity contribution >= 4 is 20.6 Å². The van der Waals surface area contributed by atoms with Crippen molar-refractivity contribution in [3.63, 3.8) is 0 Å². The lowest BCUT2D eigenvalue weighted by Gasteiger charge is -2.10. The van der Waals surface area contributed by atoms with Gasteiger partial charge in [0.25, 0.3) is 0 Å². The Balaban J connectivity index is 2.86. The second-order valence-electron chi connectivity index (χ2n) is 3.74. The summed E-state index contributed by atoms with van der Waals surface area (Å²) < 4.78 is 29.3. The fourth-order valence-corrected chi connectivity index (χ4v) is 3.15. The first kappa shape index (κ1) is 12.4. The van der Waals surface area contributed by atoms with E-state index < -0.39 is 15.6 Å². The molecule has 0 N–H and O–H groups in total. The second kappa shape index (κ2) is 4.67. The van der Waals surface area contributed by atoms with Crippen LogP contribution in [0.4, 0.5) is 0 Å². The van der Waals surface area contributed by atoms with Crippen LogP contribution in [0.25, 0.3) is 10.8 Å². The molecule has 2 aromatic rings. The molecule has 0 radical (unpaired) electrons. The van der Waals surface area contributed by atoms with Crippen LogP contribution in [-0.2, 0) is 9.84 Å². The van der Waals surface area contributed by atoms with Crippen LogP contribution in [0, 0.1) is 11.3 Å². The van der Waals surface area contributed by atoms with E-state index >= 15 is 0 Å². The van der Waals surface area contributed by atoms with E-state index in [1.165, 1.54) is 7.11 Å². The van der Waals surface area contributed by atoms with Gasteiger partial charge in [-0.15, -0.1) is 0 Å². The van der Waals surface area contributed by atoms with Crippen LogP contribution in [-0.4, -0.2) is 21.3 Å². The third kappa shape index (κ3) is 2.03. The molecule has 0 amide bonds. The van der Waals surface area contributed by atoms with E-state index in [0.29, 0.717) is 5.39 Å². The maximum atomic E-state index is 12.1. The summed E-state index contributed by atoms with van der Waals surface area (Å²) in [5.74, 6) is -0.291. The third-order valence-corrected chi connectivity index (χ3v) is 4.18. The summed E-state index contributed by atoms with van der Waals surface area (Å²) >= 11 is 0.